The second-order valence-corrected chi connectivity index (χ2v) is 4.62. The average molecular weight is 276 g/mol. The first-order chi connectivity index (χ1) is 10.2. The summed E-state index contributed by atoms with van der Waals surface area (Å²) in [5, 5.41) is 11.6. The molecule has 1 N–H and O–H groups in total. The van der Waals surface area contributed by atoms with Gasteiger partial charge in [-0.25, -0.2) is 4.98 Å². The van der Waals surface area contributed by atoms with Crippen molar-refractivity contribution in [2.45, 2.75) is 6.42 Å². The van der Waals surface area contributed by atoms with Crippen molar-refractivity contribution < 1.29 is 4.79 Å². The van der Waals surface area contributed by atoms with E-state index in [0.717, 1.165) is 5.65 Å². The van der Waals surface area contributed by atoms with Crippen LogP contribution in [0.1, 0.15) is 11.3 Å². The van der Waals surface area contributed by atoms with Crippen molar-refractivity contribution in [3.05, 3.63) is 66.1 Å². The Kier molecular flexibility index (Phi) is 3.36. The largest absolute Gasteiger partial charge is 0.326 e. The SMILES string of the molecule is N#Cc1cccc(NC(=O)Cc2cn3ccccc3n2)c1. The molecule has 0 bridgehead atoms. The molecule has 3 rings (SSSR count). The highest BCUT2D eigenvalue weighted by molar-refractivity contribution is 5.92. The van der Waals surface area contributed by atoms with Gasteiger partial charge in [-0.3, -0.25) is 4.79 Å². The summed E-state index contributed by atoms with van der Waals surface area (Å²) in [7, 11) is 0. The second-order valence-electron chi connectivity index (χ2n) is 4.62. The number of amides is 1. The summed E-state index contributed by atoms with van der Waals surface area (Å²) in [5.41, 5.74) is 2.64. The molecule has 102 valence electrons. The number of nitriles is 1. The van der Waals surface area contributed by atoms with E-state index in [2.05, 4.69) is 10.3 Å². The standard InChI is InChI=1S/C16H12N4O/c17-10-12-4-3-5-13(8-12)19-16(21)9-14-11-20-7-2-1-6-15(20)18-14/h1-8,11H,9H2,(H,19,21). The fraction of sp³-hybridized carbons (Fsp3) is 0.0625. The third-order valence-electron chi connectivity index (χ3n) is 3.03. The van der Waals surface area contributed by atoms with Gasteiger partial charge < -0.3 is 9.72 Å². The number of hydrogen-bond donors (Lipinski definition) is 1. The normalized spacial score (nSPS) is 10.2. The van der Waals surface area contributed by atoms with Crippen LogP contribution in [0.3, 0.4) is 0 Å². The number of benzene rings is 1. The summed E-state index contributed by atoms with van der Waals surface area (Å²) in [6, 6.07) is 14.6. The van der Waals surface area contributed by atoms with E-state index in [1.54, 1.807) is 24.3 Å². The van der Waals surface area contributed by atoms with E-state index in [0.29, 0.717) is 16.9 Å². The lowest BCUT2D eigenvalue weighted by Crippen LogP contribution is -2.14. The highest BCUT2D eigenvalue weighted by atomic mass is 16.1. The minimum Gasteiger partial charge on any atom is -0.326 e. The molecular weight excluding hydrogens is 264 g/mol. The quantitative estimate of drug-likeness (QED) is 0.798. The van der Waals surface area contributed by atoms with Crippen molar-refractivity contribution in [2.24, 2.45) is 0 Å². The van der Waals surface area contributed by atoms with Crippen LogP contribution >= 0.6 is 0 Å². The number of carbonyl (C=O) groups is 1. The summed E-state index contributed by atoms with van der Waals surface area (Å²) in [6.07, 6.45) is 3.92. The van der Waals surface area contributed by atoms with Crippen molar-refractivity contribution in [3.63, 3.8) is 0 Å². The number of nitrogens with zero attached hydrogens (tertiary/aromatic N) is 3. The molecule has 0 atom stereocenters. The van der Waals surface area contributed by atoms with E-state index in [1.165, 1.54) is 0 Å². The van der Waals surface area contributed by atoms with Crippen molar-refractivity contribution >= 4 is 17.2 Å². The molecule has 3 aromatic rings. The van der Waals surface area contributed by atoms with Crippen molar-refractivity contribution in [1.82, 2.24) is 9.38 Å². The topological polar surface area (TPSA) is 70.2 Å². The van der Waals surface area contributed by atoms with Gasteiger partial charge in [-0.15, -0.1) is 0 Å². The monoisotopic (exact) mass is 276 g/mol. The Labute approximate surface area is 121 Å². The lowest BCUT2D eigenvalue weighted by atomic mass is 10.2. The van der Waals surface area contributed by atoms with Crippen LogP contribution in [0.15, 0.2) is 54.9 Å². The second kappa shape index (κ2) is 5.47. The summed E-state index contributed by atoms with van der Waals surface area (Å²) in [4.78, 5) is 16.4. The molecule has 0 unspecified atom stereocenters. The molecule has 0 aliphatic carbocycles. The Bertz CT molecular complexity index is 812. The van der Waals surface area contributed by atoms with Crippen LogP contribution in [0, 0.1) is 11.3 Å². The number of carbonyl (C=O) groups excluding carboxylic acids is 1. The van der Waals surface area contributed by atoms with E-state index in [4.69, 9.17) is 5.26 Å². The number of aromatic nitrogens is 2. The van der Waals surface area contributed by atoms with E-state index >= 15 is 0 Å². The van der Waals surface area contributed by atoms with Gasteiger partial charge in [-0.1, -0.05) is 12.1 Å². The van der Waals surface area contributed by atoms with Crippen LogP contribution in [0.4, 0.5) is 5.69 Å². The van der Waals surface area contributed by atoms with Gasteiger partial charge in [0.15, 0.2) is 0 Å². The van der Waals surface area contributed by atoms with Crippen molar-refractivity contribution in [3.8, 4) is 6.07 Å². The van der Waals surface area contributed by atoms with Gasteiger partial charge in [-0.05, 0) is 30.3 Å². The number of pyridine rings is 1. The summed E-state index contributed by atoms with van der Waals surface area (Å²) < 4.78 is 1.87. The van der Waals surface area contributed by atoms with E-state index in [9.17, 15) is 4.79 Å². The smallest absolute Gasteiger partial charge is 0.230 e. The third-order valence-corrected chi connectivity index (χ3v) is 3.03. The Balaban J connectivity index is 1.72. The molecule has 0 saturated carbocycles. The zero-order chi connectivity index (χ0) is 14.7. The number of hydrogen-bond acceptors (Lipinski definition) is 3. The molecular formula is C16H12N4O. The van der Waals surface area contributed by atoms with E-state index in [1.807, 2.05) is 41.1 Å². The molecule has 0 radical (unpaired) electrons. The predicted molar refractivity (Wildman–Crippen MR) is 78.7 cm³/mol. The van der Waals surface area contributed by atoms with Gasteiger partial charge in [0, 0.05) is 18.1 Å². The number of nitrogens with one attached hydrogen (secondary N) is 1. The molecule has 1 amide bonds. The zero-order valence-corrected chi connectivity index (χ0v) is 11.2. The Morgan fingerprint density at radius 1 is 1.29 bits per heavy atom. The fourth-order valence-electron chi connectivity index (χ4n) is 2.11. The van der Waals surface area contributed by atoms with Crippen LogP contribution < -0.4 is 5.32 Å². The molecule has 5 nitrogen and oxygen atoms in total. The van der Waals surface area contributed by atoms with Gasteiger partial charge >= 0.3 is 0 Å². The highest BCUT2D eigenvalue weighted by Gasteiger charge is 2.08. The molecule has 0 aliphatic heterocycles. The maximum atomic E-state index is 12.0. The first-order valence-electron chi connectivity index (χ1n) is 6.47. The van der Waals surface area contributed by atoms with Gasteiger partial charge in [0.2, 0.25) is 5.91 Å². The lowest BCUT2D eigenvalue weighted by Gasteiger charge is -2.03. The number of rotatable bonds is 3. The minimum absolute atomic E-state index is 0.159. The summed E-state index contributed by atoms with van der Waals surface area (Å²) in [6.45, 7) is 0. The Hall–Kier alpha value is -3.13. The van der Waals surface area contributed by atoms with Crippen LogP contribution in [-0.4, -0.2) is 15.3 Å². The lowest BCUT2D eigenvalue weighted by molar-refractivity contribution is -0.115. The van der Waals surface area contributed by atoms with Gasteiger partial charge in [-0.2, -0.15) is 5.26 Å². The first kappa shape index (κ1) is 12.9. The van der Waals surface area contributed by atoms with E-state index in [-0.39, 0.29) is 12.3 Å². The molecule has 0 aliphatic rings. The van der Waals surface area contributed by atoms with Crippen molar-refractivity contribution in [2.75, 3.05) is 5.32 Å². The molecule has 2 aromatic heterocycles. The fourth-order valence-corrected chi connectivity index (χ4v) is 2.11. The first-order valence-corrected chi connectivity index (χ1v) is 6.47. The Morgan fingerprint density at radius 3 is 3.00 bits per heavy atom. The molecule has 2 heterocycles. The average Bonchev–Trinajstić information content (AvgIpc) is 2.89. The maximum absolute atomic E-state index is 12.0. The summed E-state index contributed by atoms with van der Waals surface area (Å²) in [5.74, 6) is -0.159. The van der Waals surface area contributed by atoms with Crippen LogP contribution in [-0.2, 0) is 11.2 Å². The van der Waals surface area contributed by atoms with Crippen LogP contribution in [0.5, 0.6) is 0 Å². The minimum atomic E-state index is -0.159. The molecule has 0 saturated heterocycles. The number of fused-ring (bicyclic) bond motifs is 1. The van der Waals surface area contributed by atoms with Crippen LogP contribution in [0.2, 0.25) is 0 Å². The zero-order valence-electron chi connectivity index (χ0n) is 11.2. The Morgan fingerprint density at radius 2 is 2.19 bits per heavy atom. The van der Waals surface area contributed by atoms with Gasteiger partial charge in [0.05, 0.1) is 23.7 Å². The molecule has 0 spiro atoms. The maximum Gasteiger partial charge on any atom is 0.230 e. The van der Waals surface area contributed by atoms with Crippen molar-refractivity contribution in [1.29, 1.82) is 5.26 Å². The van der Waals surface area contributed by atoms with Gasteiger partial charge in [0.25, 0.3) is 0 Å². The molecule has 0 fully saturated rings. The number of anilines is 1. The molecule has 1 aromatic carbocycles. The molecule has 5 heteroatoms. The number of imidazole rings is 1. The van der Waals surface area contributed by atoms with Crippen LogP contribution in [0.25, 0.3) is 5.65 Å². The third kappa shape index (κ3) is 2.90. The van der Waals surface area contributed by atoms with E-state index < -0.39 is 0 Å². The molecule has 21 heavy (non-hydrogen) atoms. The predicted octanol–water partition coefficient (Wildman–Crippen LogP) is 2.39. The van der Waals surface area contributed by atoms with Gasteiger partial charge in [0.1, 0.15) is 5.65 Å². The summed E-state index contributed by atoms with van der Waals surface area (Å²) >= 11 is 0. The highest BCUT2D eigenvalue weighted by Crippen LogP contribution is 2.11.